The molecule has 0 atom stereocenters. The molecule has 0 unspecified atom stereocenters. The predicted octanol–water partition coefficient (Wildman–Crippen LogP) is 2.52. The first-order valence-corrected chi connectivity index (χ1v) is 7.26. The van der Waals surface area contributed by atoms with Crippen LogP contribution in [0.2, 0.25) is 0 Å². The Morgan fingerprint density at radius 2 is 2.18 bits per heavy atom. The van der Waals surface area contributed by atoms with Crippen molar-refractivity contribution in [2.75, 3.05) is 26.7 Å². The molecule has 0 saturated carbocycles. The fourth-order valence-corrected chi connectivity index (χ4v) is 2.23. The fourth-order valence-electron chi connectivity index (χ4n) is 1.62. The standard InChI is InChI=1S/C13H25N3S/c1-11(2)5-6-14-7-8-16(4)9-13-10-17-12(3)15-13/h10-11,14H,5-9H2,1-4H3. The molecule has 1 rings (SSSR count). The SMILES string of the molecule is Cc1nc(CN(C)CCNCCC(C)C)cs1. The van der Waals surface area contributed by atoms with E-state index in [0.29, 0.717) is 0 Å². The van der Waals surface area contributed by atoms with E-state index in [1.165, 1.54) is 12.1 Å². The Labute approximate surface area is 109 Å². The van der Waals surface area contributed by atoms with Gasteiger partial charge >= 0.3 is 0 Å². The van der Waals surface area contributed by atoms with Gasteiger partial charge in [0.05, 0.1) is 10.7 Å². The lowest BCUT2D eigenvalue weighted by atomic mass is 10.1. The van der Waals surface area contributed by atoms with Crippen molar-refractivity contribution in [3.05, 3.63) is 16.1 Å². The third-order valence-electron chi connectivity index (χ3n) is 2.67. The van der Waals surface area contributed by atoms with Crippen LogP contribution in [0.4, 0.5) is 0 Å². The van der Waals surface area contributed by atoms with Gasteiger partial charge in [0.25, 0.3) is 0 Å². The van der Waals surface area contributed by atoms with E-state index >= 15 is 0 Å². The molecule has 0 fully saturated rings. The van der Waals surface area contributed by atoms with Crippen molar-refractivity contribution in [3.63, 3.8) is 0 Å². The second-order valence-electron chi connectivity index (χ2n) is 5.03. The molecule has 0 saturated heterocycles. The van der Waals surface area contributed by atoms with Crippen LogP contribution < -0.4 is 5.32 Å². The van der Waals surface area contributed by atoms with Gasteiger partial charge in [-0.2, -0.15) is 0 Å². The highest BCUT2D eigenvalue weighted by atomic mass is 32.1. The fraction of sp³-hybridized carbons (Fsp3) is 0.769. The minimum absolute atomic E-state index is 0.790. The summed E-state index contributed by atoms with van der Waals surface area (Å²) in [7, 11) is 2.15. The highest BCUT2D eigenvalue weighted by molar-refractivity contribution is 7.09. The Bertz CT molecular complexity index is 309. The van der Waals surface area contributed by atoms with Gasteiger partial charge in [-0.3, -0.25) is 4.90 Å². The molecule has 98 valence electrons. The highest BCUT2D eigenvalue weighted by Gasteiger charge is 2.03. The number of nitrogens with zero attached hydrogens (tertiary/aromatic N) is 2. The number of hydrogen-bond donors (Lipinski definition) is 1. The summed E-state index contributed by atoms with van der Waals surface area (Å²) in [5.74, 6) is 0.790. The average Bonchev–Trinajstić information content (AvgIpc) is 2.63. The molecule has 0 aliphatic heterocycles. The number of nitrogens with one attached hydrogen (secondary N) is 1. The summed E-state index contributed by atoms with van der Waals surface area (Å²) in [6.45, 7) is 10.8. The van der Waals surface area contributed by atoms with Crippen molar-refractivity contribution in [2.45, 2.75) is 33.7 Å². The van der Waals surface area contributed by atoms with Crippen LogP contribution in [0.1, 0.15) is 31.0 Å². The quantitative estimate of drug-likeness (QED) is 0.724. The molecule has 1 N–H and O–H groups in total. The zero-order valence-electron chi connectivity index (χ0n) is 11.5. The number of aromatic nitrogens is 1. The molecule has 1 aromatic rings. The molecule has 0 aromatic carbocycles. The van der Waals surface area contributed by atoms with Crippen LogP contribution in [-0.2, 0) is 6.54 Å². The Kier molecular flexibility index (Phi) is 6.70. The highest BCUT2D eigenvalue weighted by Crippen LogP contribution is 2.09. The van der Waals surface area contributed by atoms with E-state index < -0.39 is 0 Å². The zero-order valence-corrected chi connectivity index (χ0v) is 12.3. The normalized spacial score (nSPS) is 11.6. The summed E-state index contributed by atoms with van der Waals surface area (Å²) in [5, 5.41) is 6.79. The first-order chi connectivity index (χ1) is 8.08. The molecular formula is C13H25N3S. The van der Waals surface area contributed by atoms with Crippen LogP contribution in [0, 0.1) is 12.8 Å². The molecule has 17 heavy (non-hydrogen) atoms. The minimum Gasteiger partial charge on any atom is -0.315 e. The Balaban J connectivity index is 2.07. The second kappa shape index (κ2) is 7.80. The number of likely N-dealkylation sites (N-methyl/N-ethyl adjacent to an activating group) is 1. The Morgan fingerprint density at radius 3 is 2.76 bits per heavy atom. The lowest BCUT2D eigenvalue weighted by Gasteiger charge is -2.15. The van der Waals surface area contributed by atoms with E-state index in [9.17, 15) is 0 Å². The maximum atomic E-state index is 4.47. The third kappa shape index (κ3) is 6.76. The van der Waals surface area contributed by atoms with E-state index in [1.807, 2.05) is 0 Å². The Morgan fingerprint density at radius 1 is 1.41 bits per heavy atom. The summed E-state index contributed by atoms with van der Waals surface area (Å²) < 4.78 is 0. The number of rotatable bonds is 8. The topological polar surface area (TPSA) is 28.2 Å². The maximum Gasteiger partial charge on any atom is 0.0897 e. The van der Waals surface area contributed by atoms with Crippen LogP contribution in [-0.4, -0.2) is 36.6 Å². The van der Waals surface area contributed by atoms with Crippen molar-refractivity contribution in [1.82, 2.24) is 15.2 Å². The van der Waals surface area contributed by atoms with Gasteiger partial charge in [-0.25, -0.2) is 4.98 Å². The molecule has 0 spiro atoms. The van der Waals surface area contributed by atoms with E-state index in [2.05, 4.69) is 48.4 Å². The molecule has 0 radical (unpaired) electrons. The van der Waals surface area contributed by atoms with E-state index in [-0.39, 0.29) is 0 Å². The maximum absolute atomic E-state index is 4.47. The molecule has 4 heteroatoms. The molecule has 0 aliphatic rings. The second-order valence-corrected chi connectivity index (χ2v) is 6.09. The van der Waals surface area contributed by atoms with Crippen LogP contribution in [0.3, 0.4) is 0 Å². The largest absolute Gasteiger partial charge is 0.315 e. The average molecular weight is 255 g/mol. The summed E-state index contributed by atoms with van der Waals surface area (Å²) in [6.07, 6.45) is 1.26. The number of aryl methyl sites for hydroxylation is 1. The summed E-state index contributed by atoms with van der Waals surface area (Å²) in [6, 6.07) is 0. The lowest BCUT2D eigenvalue weighted by molar-refractivity contribution is 0.320. The molecule has 3 nitrogen and oxygen atoms in total. The van der Waals surface area contributed by atoms with Gasteiger partial charge in [0.2, 0.25) is 0 Å². The van der Waals surface area contributed by atoms with Crippen LogP contribution in [0.15, 0.2) is 5.38 Å². The van der Waals surface area contributed by atoms with Crippen LogP contribution >= 0.6 is 11.3 Å². The van der Waals surface area contributed by atoms with Gasteiger partial charge in [0.1, 0.15) is 0 Å². The molecule has 0 bridgehead atoms. The molecule has 1 aromatic heterocycles. The van der Waals surface area contributed by atoms with Crippen molar-refractivity contribution >= 4 is 11.3 Å². The minimum atomic E-state index is 0.790. The van der Waals surface area contributed by atoms with Gasteiger partial charge in [-0.05, 0) is 32.9 Å². The van der Waals surface area contributed by atoms with Gasteiger partial charge in [0, 0.05) is 25.0 Å². The van der Waals surface area contributed by atoms with Crippen LogP contribution in [0.25, 0.3) is 0 Å². The van der Waals surface area contributed by atoms with Crippen LogP contribution in [0.5, 0.6) is 0 Å². The smallest absolute Gasteiger partial charge is 0.0897 e. The summed E-state index contributed by atoms with van der Waals surface area (Å²) >= 11 is 1.73. The van der Waals surface area contributed by atoms with E-state index in [4.69, 9.17) is 0 Å². The molecular weight excluding hydrogens is 230 g/mol. The summed E-state index contributed by atoms with van der Waals surface area (Å²) in [4.78, 5) is 6.79. The first-order valence-electron chi connectivity index (χ1n) is 6.38. The molecule has 0 aliphatic carbocycles. The van der Waals surface area contributed by atoms with Gasteiger partial charge in [-0.15, -0.1) is 11.3 Å². The van der Waals surface area contributed by atoms with Gasteiger partial charge < -0.3 is 5.32 Å². The van der Waals surface area contributed by atoms with Crippen molar-refractivity contribution in [2.24, 2.45) is 5.92 Å². The summed E-state index contributed by atoms with van der Waals surface area (Å²) in [5.41, 5.74) is 1.19. The number of hydrogen-bond acceptors (Lipinski definition) is 4. The zero-order chi connectivity index (χ0) is 12.7. The third-order valence-corrected chi connectivity index (χ3v) is 3.49. The lowest BCUT2D eigenvalue weighted by Crippen LogP contribution is -2.29. The van der Waals surface area contributed by atoms with E-state index in [0.717, 1.165) is 37.1 Å². The first kappa shape index (κ1) is 14.6. The molecule has 1 heterocycles. The van der Waals surface area contributed by atoms with E-state index in [1.54, 1.807) is 11.3 Å². The predicted molar refractivity (Wildman–Crippen MR) is 75.5 cm³/mol. The monoisotopic (exact) mass is 255 g/mol. The van der Waals surface area contributed by atoms with Crippen molar-refractivity contribution in [3.8, 4) is 0 Å². The van der Waals surface area contributed by atoms with Crippen molar-refractivity contribution < 1.29 is 0 Å². The Hall–Kier alpha value is -0.450. The molecule has 0 amide bonds. The van der Waals surface area contributed by atoms with Crippen molar-refractivity contribution in [1.29, 1.82) is 0 Å². The van der Waals surface area contributed by atoms with Gasteiger partial charge in [-0.1, -0.05) is 13.8 Å². The van der Waals surface area contributed by atoms with Gasteiger partial charge in [0.15, 0.2) is 0 Å². The number of thiazole rings is 1.